The Morgan fingerprint density at radius 2 is 0.737 bits per heavy atom. The highest BCUT2D eigenvalue weighted by Gasteiger charge is 2.10. The molecule has 0 amide bonds. The summed E-state index contributed by atoms with van der Waals surface area (Å²) >= 11 is 0. The first-order valence-electron chi connectivity index (χ1n) is 12.8. The molecule has 0 radical (unpaired) electrons. The summed E-state index contributed by atoms with van der Waals surface area (Å²) in [6, 6.07) is 44.1. The fourth-order valence-electron chi connectivity index (χ4n) is 4.76. The van der Waals surface area contributed by atoms with Gasteiger partial charge in [-0.3, -0.25) is 0 Å². The number of nitrogens with zero attached hydrogens (tertiary/aromatic N) is 3. The van der Waals surface area contributed by atoms with Gasteiger partial charge >= 0.3 is 0 Å². The molecule has 0 spiro atoms. The highest BCUT2D eigenvalue weighted by molar-refractivity contribution is 5.77. The first-order chi connectivity index (χ1) is 18.6. The largest absolute Gasteiger partial charge is 0.248 e. The minimum Gasteiger partial charge on any atom is -0.248 e. The van der Waals surface area contributed by atoms with Crippen molar-refractivity contribution in [3.05, 3.63) is 139 Å². The van der Waals surface area contributed by atoms with Gasteiger partial charge in [0.2, 0.25) is 0 Å². The number of benzene rings is 4. The third kappa shape index (κ3) is 5.00. The summed E-state index contributed by atoms with van der Waals surface area (Å²) in [6.45, 7) is 4.07. The van der Waals surface area contributed by atoms with Crippen molar-refractivity contribution < 1.29 is 0 Å². The van der Waals surface area contributed by atoms with Crippen LogP contribution in [0.15, 0.2) is 127 Å². The summed E-state index contributed by atoms with van der Waals surface area (Å²) in [5.41, 5.74) is 11.6. The van der Waals surface area contributed by atoms with Gasteiger partial charge in [-0.2, -0.15) is 0 Å². The van der Waals surface area contributed by atoms with Gasteiger partial charge in [-0.15, -0.1) is 0 Å². The van der Waals surface area contributed by atoms with E-state index in [2.05, 4.69) is 115 Å². The molecule has 0 aliphatic heterocycles. The second-order valence-corrected chi connectivity index (χ2v) is 9.49. The maximum absolute atomic E-state index is 5.01. The molecule has 0 aliphatic rings. The highest BCUT2D eigenvalue weighted by atomic mass is 14.9. The van der Waals surface area contributed by atoms with Crippen molar-refractivity contribution in [2.45, 2.75) is 13.8 Å². The topological polar surface area (TPSA) is 38.7 Å². The lowest BCUT2D eigenvalue weighted by molar-refractivity contribution is 1.06. The summed E-state index contributed by atoms with van der Waals surface area (Å²) in [7, 11) is 0. The van der Waals surface area contributed by atoms with Gasteiger partial charge in [-0.1, -0.05) is 97.1 Å². The molecule has 182 valence electrons. The van der Waals surface area contributed by atoms with Crippen LogP contribution in [-0.2, 0) is 0 Å². The first-order valence-corrected chi connectivity index (χ1v) is 12.8. The Morgan fingerprint density at radius 3 is 1.26 bits per heavy atom. The van der Waals surface area contributed by atoms with Crippen LogP contribution in [0.2, 0.25) is 0 Å². The normalized spacial score (nSPS) is 10.9. The summed E-state index contributed by atoms with van der Waals surface area (Å²) in [5, 5.41) is 0. The van der Waals surface area contributed by atoms with E-state index in [1.807, 2.05) is 31.2 Å². The molecular weight excluding hydrogens is 462 g/mol. The summed E-state index contributed by atoms with van der Waals surface area (Å²) in [4.78, 5) is 14.4. The van der Waals surface area contributed by atoms with Gasteiger partial charge < -0.3 is 0 Å². The Hall–Kier alpha value is -4.89. The molecule has 0 unspecified atom stereocenters. The van der Waals surface area contributed by atoms with Crippen LogP contribution in [0, 0.1) is 13.8 Å². The molecule has 4 aromatic carbocycles. The van der Waals surface area contributed by atoms with Gasteiger partial charge in [-0.05, 0) is 60.9 Å². The minimum atomic E-state index is 0.758. The van der Waals surface area contributed by atoms with Gasteiger partial charge in [0.15, 0.2) is 0 Å². The molecule has 0 saturated carbocycles. The lowest BCUT2D eigenvalue weighted by atomic mass is 9.98. The molecule has 0 N–H and O–H groups in total. The van der Waals surface area contributed by atoms with E-state index in [0.717, 1.165) is 62.0 Å². The molecule has 0 bridgehead atoms. The van der Waals surface area contributed by atoms with Crippen LogP contribution >= 0.6 is 0 Å². The summed E-state index contributed by atoms with van der Waals surface area (Å²) in [5.74, 6) is 0.758. The van der Waals surface area contributed by atoms with Crippen LogP contribution in [0.5, 0.6) is 0 Å². The second-order valence-electron chi connectivity index (χ2n) is 9.49. The molecule has 6 rings (SSSR count). The summed E-state index contributed by atoms with van der Waals surface area (Å²) < 4.78 is 0. The molecule has 0 aliphatic carbocycles. The van der Waals surface area contributed by atoms with Gasteiger partial charge in [-0.25, -0.2) is 15.0 Å². The molecule has 3 heteroatoms. The van der Waals surface area contributed by atoms with E-state index in [-0.39, 0.29) is 0 Å². The van der Waals surface area contributed by atoms with Crippen LogP contribution in [0.1, 0.15) is 11.4 Å². The number of hydrogen-bond donors (Lipinski definition) is 0. The maximum atomic E-state index is 5.01. The van der Waals surface area contributed by atoms with Crippen LogP contribution in [-0.4, -0.2) is 15.0 Å². The number of rotatable bonds is 5. The Labute approximate surface area is 223 Å². The van der Waals surface area contributed by atoms with E-state index in [4.69, 9.17) is 9.97 Å². The van der Waals surface area contributed by atoms with Gasteiger partial charge in [0.1, 0.15) is 5.82 Å². The lowest BCUT2D eigenvalue weighted by Gasteiger charge is -2.11. The van der Waals surface area contributed by atoms with E-state index >= 15 is 0 Å². The molecule has 0 fully saturated rings. The smallest absolute Gasteiger partial charge is 0.126 e. The van der Waals surface area contributed by atoms with Crippen LogP contribution < -0.4 is 0 Å². The number of pyridine rings is 1. The minimum absolute atomic E-state index is 0.758. The summed E-state index contributed by atoms with van der Waals surface area (Å²) in [6.07, 6.45) is 0. The van der Waals surface area contributed by atoms with E-state index in [1.165, 1.54) is 5.56 Å². The molecule has 0 saturated heterocycles. The maximum Gasteiger partial charge on any atom is 0.126 e. The van der Waals surface area contributed by atoms with Crippen molar-refractivity contribution in [1.29, 1.82) is 0 Å². The van der Waals surface area contributed by atoms with E-state index < -0.39 is 0 Å². The molecule has 2 aromatic heterocycles. The first kappa shape index (κ1) is 23.5. The van der Waals surface area contributed by atoms with Crippen molar-refractivity contribution in [3.63, 3.8) is 0 Å². The Kier molecular flexibility index (Phi) is 6.33. The van der Waals surface area contributed by atoms with Crippen molar-refractivity contribution in [3.8, 4) is 56.2 Å². The molecule has 6 aromatic rings. The number of aryl methyl sites for hydroxylation is 2. The standard InChI is InChI=1S/C35H27N3/c1-24-19-32(26-11-5-3-6-12-26)38-33(20-24)30-17-9-15-28(21-30)29-16-10-18-31(22-29)35-23-34(36-25(2)37-35)27-13-7-4-8-14-27/h3-23H,1-2H3. The van der Waals surface area contributed by atoms with Crippen molar-refractivity contribution in [1.82, 2.24) is 15.0 Å². The molecule has 0 atom stereocenters. The predicted octanol–water partition coefficient (Wildman–Crippen LogP) is 8.82. The fraction of sp³-hybridized carbons (Fsp3) is 0.0571. The van der Waals surface area contributed by atoms with E-state index in [1.54, 1.807) is 0 Å². The predicted molar refractivity (Wildman–Crippen MR) is 156 cm³/mol. The lowest BCUT2D eigenvalue weighted by Crippen LogP contribution is -1.95. The van der Waals surface area contributed by atoms with Gasteiger partial charge in [0.25, 0.3) is 0 Å². The van der Waals surface area contributed by atoms with Crippen molar-refractivity contribution in [2.75, 3.05) is 0 Å². The Morgan fingerprint density at radius 1 is 0.342 bits per heavy atom. The number of aromatic nitrogens is 3. The number of hydrogen-bond acceptors (Lipinski definition) is 3. The zero-order valence-electron chi connectivity index (χ0n) is 21.5. The molecule has 2 heterocycles. The third-order valence-electron chi connectivity index (χ3n) is 6.60. The van der Waals surface area contributed by atoms with E-state index in [9.17, 15) is 0 Å². The van der Waals surface area contributed by atoms with Crippen LogP contribution in [0.3, 0.4) is 0 Å². The zero-order chi connectivity index (χ0) is 25.9. The van der Waals surface area contributed by atoms with Crippen LogP contribution in [0.4, 0.5) is 0 Å². The second kappa shape index (κ2) is 10.2. The third-order valence-corrected chi connectivity index (χ3v) is 6.60. The van der Waals surface area contributed by atoms with Crippen molar-refractivity contribution in [2.24, 2.45) is 0 Å². The Balaban J connectivity index is 1.37. The SMILES string of the molecule is Cc1cc(-c2ccccc2)nc(-c2cccc(-c3cccc(-c4cc(-c5ccccc5)nc(C)n4)c3)c2)c1. The van der Waals surface area contributed by atoms with Crippen LogP contribution in [0.25, 0.3) is 56.2 Å². The molecular formula is C35H27N3. The average Bonchev–Trinajstić information content (AvgIpc) is 2.97. The Bertz CT molecular complexity index is 1590. The van der Waals surface area contributed by atoms with Crippen molar-refractivity contribution >= 4 is 0 Å². The quantitative estimate of drug-likeness (QED) is 0.243. The van der Waals surface area contributed by atoms with Gasteiger partial charge in [0.05, 0.1) is 22.8 Å². The van der Waals surface area contributed by atoms with E-state index in [0.29, 0.717) is 0 Å². The zero-order valence-corrected chi connectivity index (χ0v) is 21.5. The monoisotopic (exact) mass is 489 g/mol. The molecule has 38 heavy (non-hydrogen) atoms. The average molecular weight is 490 g/mol. The van der Waals surface area contributed by atoms with Gasteiger partial charge in [0, 0.05) is 22.3 Å². The highest BCUT2D eigenvalue weighted by Crippen LogP contribution is 2.31. The fourth-order valence-corrected chi connectivity index (χ4v) is 4.76. The molecule has 3 nitrogen and oxygen atoms in total.